The summed E-state index contributed by atoms with van der Waals surface area (Å²) >= 11 is 0. The number of phenols is 1. The van der Waals surface area contributed by atoms with Crippen LogP contribution in [0, 0.1) is 0 Å². The minimum Gasteiger partial charge on any atom is -0.507 e. The Bertz CT molecular complexity index is 1390. The maximum absolute atomic E-state index is 13.1. The van der Waals surface area contributed by atoms with Gasteiger partial charge in [-0.3, -0.25) is 15.3 Å². The highest BCUT2D eigenvalue weighted by Gasteiger charge is 2.30. The van der Waals surface area contributed by atoms with Crippen LogP contribution < -0.4 is 15.5 Å². The average molecular weight is 513 g/mol. The first-order chi connectivity index (χ1) is 18.5. The van der Waals surface area contributed by atoms with Crippen molar-refractivity contribution in [2.24, 2.45) is 0 Å². The Morgan fingerprint density at radius 1 is 0.842 bits per heavy atom. The van der Waals surface area contributed by atoms with E-state index >= 15 is 0 Å². The Kier molecular flexibility index (Phi) is 8.93. The van der Waals surface area contributed by atoms with Crippen molar-refractivity contribution in [1.29, 1.82) is 0 Å². The van der Waals surface area contributed by atoms with Gasteiger partial charge in [0.1, 0.15) is 17.6 Å². The lowest BCUT2D eigenvalue weighted by Crippen LogP contribution is -2.31. The molecule has 0 radical (unpaired) electrons. The van der Waals surface area contributed by atoms with Crippen LogP contribution in [0.2, 0.25) is 0 Å². The van der Waals surface area contributed by atoms with E-state index in [2.05, 4.69) is 5.32 Å². The van der Waals surface area contributed by atoms with E-state index < -0.39 is 24.2 Å². The van der Waals surface area contributed by atoms with Gasteiger partial charge in [0, 0.05) is 22.7 Å². The van der Waals surface area contributed by atoms with Crippen LogP contribution in [0.1, 0.15) is 24.5 Å². The maximum atomic E-state index is 13.1. The van der Waals surface area contributed by atoms with Crippen LogP contribution in [0.4, 0.5) is 10.5 Å². The number of fused-ring (bicyclic) bond motifs is 1. The van der Waals surface area contributed by atoms with Gasteiger partial charge in [0.25, 0.3) is 5.91 Å². The van der Waals surface area contributed by atoms with E-state index in [1.807, 2.05) is 42.5 Å². The van der Waals surface area contributed by atoms with Crippen LogP contribution in [-0.4, -0.2) is 28.4 Å². The minimum atomic E-state index is -0.885. The first-order valence-corrected chi connectivity index (χ1v) is 12.1. The molecular weight excluding hydrogens is 484 g/mol. The van der Waals surface area contributed by atoms with Crippen LogP contribution in [0.15, 0.2) is 109 Å². The maximum Gasteiger partial charge on any atom is 0.412 e. The first-order valence-electron chi connectivity index (χ1n) is 12.1. The molecule has 0 unspecified atom stereocenters. The van der Waals surface area contributed by atoms with Crippen molar-refractivity contribution in [2.45, 2.75) is 25.0 Å². The Labute approximate surface area is 220 Å². The molecule has 0 spiro atoms. The van der Waals surface area contributed by atoms with Gasteiger partial charge in [0.2, 0.25) is 0 Å². The third-order valence-corrected chi connectivity index (χ3v) is 5.86. The molecule has 2 atom stereocenters. The lowest BCUT2D eigenvalue weighted by atomic mass is 9.94. The van der Waals surface area contributed by atoms with Crippen molar-refractivity contribution in [2.75, 3.05) is 5.32 Å². The van der Waals surface area contributed by atoms with Gasteiger partial charge in [-0.2, -0.15) is 0 Å². The number of hydrogen-bond acceptors (Lipinski definition) is 6. The number of hydroxylamine groups is 1. The summed E-state index contributed by atoms with van der Waals surface area (Å²) in [6.07, 6.45) is 1.34. The molecule has 4 aromatic rings. The number of allylic oxidation sites excluding steroid dienone is 1. The molecule has 0 aliphatic heterocycles. The van der Waals surface area contributed by atoms with Crippen molar-refractivity contribution < 1.29 is 29.4 Å². The Balaban J connectivity index is 1.72. The molecule has 0 fully saturated rings. The molecular formula is C30H28N2O6. The monoisotopic (exact) mass is 512 g/mol. The fourth-order valence-corrected chi connectivity index (χ4v) is 4.11. The van der Waals surface area contributed by atoms with Crippen LogP contribution in [0.3, 0.4) is 0 Å². The zero-order valence-corrected chi connectivity index (χ0v) is 20.5. The predicted octanol–water partition coefficient (Wildman–Crippen LogP) is 6.12. The van der Waals surface area contributed by atoms with Gasteiger partial charge >= 0.3 is 6.09 Å². The van der Waals surface area contributed by atoms with E-state index in [1.54, 1.807) is 66.2 Å². The number of anilines is 1. The lowest BCUT2D eigenvalue weighted by molar-refractivity contribution is -0.124. The number of ether oxygens (including phenoxy) is 2. The molecule has 0 aliphatic rings. The van der Waals surface area contributed by atoms with Gasteiger partial charge < -0.3 is 14.6 Å². The van der Waals surface area contributed by atoms with Crippen molar-refractivity contribution in [1.82, 2.24) is 5.48 Å². The smallest absolute Gasteiger partial charge is 0.412 e. The number of hydrogen-bond donors (Lipinski definition) is 4. The standard InChI is InChI=1S/C30H28N2O6/c33-26-20-19-25(23-15-7-8-16-24(23)26)29(38-30(35)31-21-11-3-1-4-12-21)27(17-9-10-18-28(34)32-36)37-22-13-5-2-6-14-22/h1-8,10-16,18-20,27,29,33,36H,9,17H2,(H,31,35)(H,32,34)/b18-10+/t27-,29-/m0/s1. The number of aromatic hydroxyl groups is 1. The van der Waals surface area contributed by atoms with Crippen LogP contribution >= 0.6 is 0 Å². The number of para-hydroxylation sites is 2. The van der Waals surface area contributed by atoms with Gasteiger partial charge in [-0.25, -0.2) is 10.3 Å². The summed E-state index contributed by atoms with van der Waals surface area (Å²) < 4.78 is 12.4. The SMILES string of the molecule is O=C(/C=C/CC[C@H](Oc1ccccc1)[C@@H](OC(=O)Nc1ccccc1)c1ccc(O)c2ccccc12)NO. The summed E-state index contributed by atoms with van der Waals surface area (Å²) in [5, 5.41) is 23.3. The average Bonchev–Trinajstić information content (AvgIpc) is 2.95. The summed E-state index contributed by atoms with van der Waals surface area (Å²) in [5.41, 5.74) is 2.78. The number of amides is 2. The predicted molar refractivity (Wildman–Crippen MR) is 144 cm³/mol. The lowest BCUT2D eigenvalue weighted by Gasteiger charge is -2.29. The molecule has 4 rings (SSSR count). The highest BCUT2D eigenvalue weighted by atomic mass is 16.6. The minimum absolute atomic E-state index is 0.107. The fourth-order valence-electron chi connectivity index (χ4n) is 4.11. The van der Waals surface area contributed by atoms with Crippen molar-refractivity contribution in [3.63, 3.8) is 0 Å². The second-order valence-electron chi connectivity index (χ2n) is 8.46. The molecule has 8 heteroatoms. The molecule has 0 aliphatic carbocycles. The number of carbonyl (C=O) groups is 2. The molecule has 0 saturated heterocycles. The Morgan fingerprint density at radius 2 is 1.50 bits per heavy atom. The van der Waals surface area contributed by atoms with Crippen LogP contribution in [0.5, 0.6) is 11.5 Å². The molecule has 4 aromatic carbocycles. The molecule has 38 heavy (non-hydrogen) atoms. The first kappa shape index (κ1) is 26.2. The fraction of sp³-hybridized carbons (Fsp3) is 0.133. The topological polar surface area (TPSA) is 117 Å². The molecule has 0 heterocycles. The van der Waals surface area contributed by atoms with Crippen molar-refractivity contribution in [3.05, 3.63) is 115 Å². The highest BCUT2D eigenvalue weighted by molar-refractivity contribution is 5.91. The van der Waals surface area contributed by atoms with Crippen molar-refractivity contribution >= 4 is 28.5 Å². The van der Waals surface area contributed by atoms with E-state index in [4.69, 9.17) is 14.7 Å². The number of carbonyl (C=O) groups excluding carboxylic acids is 2. The summed E-state index contributed by atoms with van der Waals surface area (Å²) in [7, 11) is 0. The number of benzene rings is 4. The molecule has 8 nitrogen and oxygen atoms in total. The largest absolute Gasteiger partial charge is 0.507 e. The third-order valence-electron chi connectivity index (χ3n) is 5.86. The van der Waals surface area contributed by atoms with Crippen LogP contribution in [0.25, 0.3) is 10.8 Å². The molecule has 194 valence electrons. The van der Waals surface area contributed by atoms with Gasteiger partial charge in [0.05, 0.1) is 0 Å². The van der Waals surface area contributed by atoms with Gasteiger partial charge in [0.15, 0.2) is 6.10 Å². The van der Waals surface area contributed by atoms with Crippen LogP contribution in [-0.2, 0) is 9.53 Å². The summed E-state index contributed by atoms with van der Waals surface area (Å²) in [6.45, 7) is 0. The van der Waals surface area contributed by atoms with E-state index in [1.165, 1.54) is 6.08 Å². The molecule has 0 saturated carbocycles. The van der Waals surface area contributed by atoms with Gasteiger partial charge in [-0.15, -0.1) is 0 Å². The van der Waals surface area contributed by atoms with E-state index in [9.17, 15) is 14.7 Å². The highest BCUT2D eigenvalue weighted by Crippen LogP contribution is 2.36. The summed E-state index contributed by atoms with van der Waals surface area (Å²) in [6, 6.07) is 28.7. The molecule has 4 N–H and O–H groups in total. The van der Waals surface area contributed by atoms with E-state index in [-0.39, 0.29) is 5.75 Å². The molecule has 0 aromatic heterocycles. The third kappa shape index (κ3) is 6.89. The number of nitrogens with one attached hydrogen (secondary N) is 2. The normalized spacial score (nSPS) is 12.6. The number of phenolic OH excluding ortho intramolecular Hbond substituents is 1. The van der Waals surface area contributed by atoms with Gasteiger partial charge in [-0.1, -0.05) is 72.8 Å². The zero-order chi connectivity index (χ0) is 26.7. The zero-order valence-electron chi connectivity index (χ0n) is 20.5. The molecule has 2 amide bonds. The Morgan fingerprint density at radius 3 is 2.21 bits per heavy atom. The van der Waals surface area contributed by atoms with E-state index in [0.29, 0.717) is 40.6 Å². The summed E-state index contributed by atoms with van der Waals surface area (Å²) in [5.74, 6) is 0.0372. The summed E-state index contributed by atoms with van der Waals surface area (Å²) in [4.78, 5) is 24.5. The van der Waals surface area contributed by atoms with Crippen molar-refractivity contribution in [3.8, 4) is 11.5 Å². The second-order valence-corrected chi connectivity index (χ2v) is 8.46. The van der Waals surface area contributed by atoms with E-state index in [0.717, 1.165) is 0 Å². The van der Waals surface area contributed by atoms with Gasteiger partial charge in [-0.05, 0) is 48.6 Å². The quantitative estimate of drug-likeness (QED) is 0.115. The number of rotatable bonds is 10. The Hall–Kier alpha value is -4.82. The second kappa shape index (κ2) is 12.9. The molecule has 0 bridgehead atoms.